The van der Waals surface area contributed by atoms with Gasteiger partial charge >= 0.3 is 0 Å². The van der Waals surface area contributed by atoms with Crippen molar-refractivity contribution in [1.29, 1.82) is 0 Å². The first-order valence-corrected chi connectivity index (χ1v) is 8.52. The Labute approximate surface area is 121 Å². The van der Waals surface area contributed by atoms with Crippen LogP contribution in [0.25, 0.3) is 0 Å². The smallest absolute Gasteiger partial charge is 0.0540 e. The Morgan fingerprint density at radius 3 is 1.79 bits per heavy atom. The molecule has 0 spiro atoms. The van der Waals surface area contributed by atoms with Gasteiger partial charge in [-0.3, -0.25) is 0 Å². The fourth-order valence-corrected chi connectivity index (χ4v) is 2.48. The minimum atomic E-state index is -0.0477. The van der Waals surface area contributed by atoms with Crippen molar-refractivity contribution in [2.24, 2.45) is 0 Å². The highest BCUT2D eigenvalue weighted by atomic mass is 16.3. The Kier molecular flexibility index (Phi) is 15.5. The van der Waals surface area contributed by atoms with Gasteiger partial charge in [-0.25, -0.2) is 0 Å². The molecule has 0 aromatic rings. The lowest BCUT2D eigenvalue weighted by Crippen LogP contribution is -2.05. The molecule has 0 fully saturated rings. The summed E-state index contributed by atoms with van der Waals surface area (Å²) in [4.78, 5) is 0. The molecule has 0 saturated heterocycles. The minimum absolute atomic E-state index is 0.0477. The summed E-state index contributed by atoms with van der Waals surface area (Å²) in [5, 5.41) is 9.86. The van der Waals surface area contributed by atoms with Crippen LogP contribution in [0.4, 0.5) is 0 Å². The molecule has 0 rings (SSSR count). The average Bonchev–Trinajstić information content (AvgIpc) is 2.41. The average molecular weight is 267 g/mol. The maximum Gasteiger partial charge on any atom is 0.0540 e. The number of hydrogen-bond donors (Lipinski definition) is 1. The van der Waals surface area contributed by atoms with Gasteiger partial charge in [0, 0.05) is 0 Å². The van der Waals surface area contributed by atoms with Gasteiger partial charge in [0.2, 0.25) is 0 Å². The van der Waals surface area contributed by atoms with E-state index < -0.39 is 0 Å². The first-order valence-electron chi connectivity index (χ1n) is 8.52. The molecule has 1 radical (unpaired) electrons. The van der Waals surface area contributed by atoms with Crippen molar-refractivity contribution in [3.8, 4) is 0 Å². The summed E-state index contributed by atoms with van der Waals surface area (Å²) in [5.74, 6) is 0. The largest absolute Gasteiger partial charge is 0.393 e. The van der Waals surface area contributed by atoms with Crippen LogP contribution < -0.4 is 0 Å². The molecule has 0 aromatic heterocycles. The van der Waals surface area contributed by atoms with E-state index in [0.717, 1.165) is 19.3 Å². The van der Waals surface area contributed by atoms with E-state index in [9.17, 15) is 5.11 Å². The van der Waals surface area contributed by atoms with Crippen LogP contribution >= 0.6 is 0 Å². The number of allylic oxidation sites excluding steroid dienone is 1. The van der Waals surface area contributed by atoms with E-state index in [2.05, 4.69) is 6.92 Å². The number of aliphatic hydroxyl groups excluding tert-OH is 1. The summed E-state index contributed by atoms with van der Waals surface area (Å²) < 4.78 is 0. The SMILES string of the molecule is [CH]=CCCCCCCCCC(O)CCCCCCC. The molecule has 0 aliphatic rings. The van der Waals surface area contributed by atoms with Crippen molar-refractivity contribution in [2.45, 2.75) is 103 Å². The zero-order valence-corrected chi connectivity index (χ0v) is 13.1. The predicted octanol–water partition coefficient (Wildman–Crippen LogP) is 5.82. The Morgan fingerprint density at radius 1 is 0.789 bits per heavy atom. The third kappa shape index (κ3) is 15.6. The molecule has 0 aliphatic heterocycles. The maximum atomic E-state index is 9.86. The van der Waals surface area contributed by atoms with Gasteiger partial charge in [0.25, 0.3) is 0 Å². The zero-order chi connectivity index (χ0) is 14.2. The van der Waals surface area contributed by atoms with E-state index in [0.29, 0.717) is 0 Å². The van der Waals surface area contributed by atoms with Crippen molar-refractivity contribution >= 4 is 0 Å². The van der Waals surface area contributed by atoms with E-state index in [1.54, 1.807) is 6.08 Å². The predicted molar refractivity (Wildman–Crippen MR) is 85.2 cm³/mol. The Balaban J connectivity index is 3.11. The second-order valence-corrected chi connectivity index (χ2v) is 5.79. The van der Waals surface area contributed by atoms with E-state index in [-0.39, 0.29) is 6.10 Å². The van der Waals surface area contributed by atoms with Crippen LogP contribution in [-0.2, 0) is 0 Å². The summed E-state index contributed by atoms with van der Waals surface area (Å²) in [5.41, 5.74) is 0. The molecular formula is C18H35O. The highest BCUT2D eigenvalue weighted by Crippen LogP contribution is 2.13. The lowest BCUT2D eigenvalue weighted by atomic mass is 10.0. The summed E-state index contributed by atoms with van der Waals surface area (Å²) in [7, 11) is 0. The summed E-state index contributed by atoms with van der Waals surface area (Å²) in [6.45, 7) is 7.58. The van der Waals surface area contributed by atoms with Gasteiger partial charge < -0.3 is 5.11 Å². The van der Waals surface area contributed by atoms with Gasteiger partial charge in [0.05, 0.1) is 6.10 Å². The van der Waals surface area contributed by atoms with Crippen molar-refractivity contribution in [3.05, 3.63) is 12.7 Å². The third-order valence-corrected chi connectivity index (χ3v) is 3.80. The van der Waals surface area contributed by atoms with Crippen molar-refractivity contribution in [1.82, 2.24) is 0 Å². The van der Waals surface area contributed by atoms with E-state index in [4.69, 9.17) is 6.58 Å². The molecule has 0 amide bonds. The van der Waals surface area contributed by atoms with Gasteiger partial charge in [0.15, 0.2) is 0 Å². The van der Waals surface area contributed by atoms with Crippen LogP contribution in [0.2, 0.25) is 0 Å². The molecule has 0 aliphatic carbocycles. The second-order valence-electron chi connectivity index (χ2n) is 5.79. The standard InChI is InChI=1S/C18H35O/c1-3-5-7-9-10-11-13-15-17-18(19)16-14-12-8-6-4-2/h1,3,18-19H,4-17H2,2H3. The van der Waals surface area contributed by atoms with Crippen LogP contribution in [-0.4, -0.2) is 11.2 Å². The number of aliphatic hydroxyl groups is 1. The molecule has 1 unspecified atom stereocenters. The molecule has 19 heavy (non-hydrogen) atoms. The maximum absolute atomic E-state index is 9.86. The van der Waals surface area contributed by atoms with Crippen LogP contribution in [0.15, 0.2) is 6.08 Å². The van der Waals surface area contributed by atoms with E-state index in [1.807, 2.05) is 0 Å². The second kappa shape index (κ2) is 15.8. The lowest BCUT2D eigenvalue weighted by molar-refractivity contribution is 0.147. The first-order chi connectivity index (χ1) is 9.31. The Bertz CT molecular complexity index is 177. The molecule has 1 N–H and O–H groups in total. The number of unbranched alkanes of at least 4 members (excludes halogenated alkanes) is 10. The van der Waals surface area contributed by atoms with Crippen LogP contribution in [0.1, 0.15) is 96.8 Å². The fraction of sp³-hybridized carbons (Fsp3) is 0.889. The molecule has 0 bridgehead atoms. The topological polar surface area (TPSA) is 20.2 Å². The molecule has 0 heterocycles. The first kappa shape index (κ1) is 18.7. The molecule has 1 heteroatoms. The normalized spacial score (nSPS) is 12.5. The van der Waals surface area contributed by atoms with Gasteiger partial charge in [-0.05, 0) is 25.7 Å². The summed E-state index contributed by atoms with van der Waals surface area (Å²) in [6.07, 6.45) is 18.9. The van der Waals surface area contributed by atoms with E-state index in [1.165, 1.54) is 70.6 Å². The third-order valence-electron chi connectivity index (χ3n) is 3.80. The van der Waals surface area contributed by atoms with Crippen LogP contribution in [0, 0.1) is 6.58 Å². The monoisotopic (exact) mass is 267 g/mol. The quantitative estimate of drug-likeness (QED) is 0.371. The minimum Gasteiger partial charge on any atom is -0.393 e. The summed E-state index contributed by atoms with van der Waals surface area (Å²) >= 11 is 0. The number of hydrogen-bond acceptors (Lipinski definition) is 1. The highest BCUT2D eigenvalue weighted by Gasteiger charge is 2.03. The molecule has 113 valence electrons. The van der Waals surface area contributed by atoms with Crippen molar-refractivity contribution in [2.75, 3.05) is 0 Å². The van der Waals surface area contributed by atoms with Gasteiger partial charge in [-0.15, -0.1) is 0 Å². The molecule has 0 aromatic carbocycles. The fourth-order valence-electron chi connectivity index (χ4n) is 2.48. The van der Waals surface area contributed by atoms with Crippen LogP contribution in [0.5, 0.6) is 0 Å². The van der Waals surface area contributed by atoms with Crippen LogP contribution in [0.3, 0.4) is 0 Å². The Morgan fingerprint density at radius 2 is 1.26 bits per heavy atom. The molecule has 1 atom stereocenters. The molecular weight excluding hydrogens is 232 g/mol. The van der Waals surface area contributed by atoms with Gasteiger partial charge in [0.1, 0.15) is 0 Å². The highest BCUT2D eigenvalue weighted by molar-refractivity contribution is 4.62. The van der Waals surface area contributed by atoms with E-state index >= 15 is 0 Å². The van der Waals surface area contributed by atoms with Gasteiger partial charge in [-0.2, -0.15) is 0 Å². The molecule has 1 nitrogen and oxygen atoms in total. The molecule has 0 saturated carbocycles. The Hall–Kier alpha value is -0.300. The van der Waals surface area contributed by atoms with Gasteiger partial charge in [-0.1, -0.05) is 83.8 Å². The summed E-state index contributed by atoms with van der Waals surface area (Å²) in [6, 6.07) is 0. The van der Waals surface area contributed by atoms with Crippen molar-refractivity contribution in [3.63, 3.8) is 0 Å². The zero-order valence-electron chi connectivity index (χ0n) is 13.1. The number of rotatable bonds is 15. The van der Waals surface area contributed by atoms with Crippen molar-refractivity contribution < 1.29 is 5.11 Å². The lowest BCUT2D eigenvalue weighted by Gasteiger charge is -2.10.